The molecule has 128 valence electrons. The number of para-hydroxylation sites is 1. The van der Waals surface area contributed by atoms with E-state index in [-0.39, 0.29) is 0 Å². The van der Waals surface area contributed by atoms with Gasteiger partial charge in [0.25, 0.3) is 0 Å². The van der Waals surface area contributed by atoms with E-state index in [1.807, 2.05) is 18.5 Å². The molecule has 1 aromatic heterocycles. The molecule has 0 aliphatic carbocycles. The van der Waals surface area contributed by atoms with Crippen molar-refractivity contribution in [3.8, 4) is 0 Å². The summed E-state index contributed by atoms with van der Waals surface area (Å²) >= 11 is 0. The summed E-state index contributed by atoms with van der Waals surface area (Å²) < 4.78 is 5.22. The van der Waals surface area contributed by atoms with Crippen LogP contribution >= 0.6 is 0 Å². The average Bonchev–Trinajstić information content (AvgIpc) is 2.63. The lowest BCUT2D eigenvalue weighted by Gasteiger charge is -2.33. The van der Waals surface area contributed by atoms with Crippen LogP contribution in [-0.4, -0.2) is 42.7 Å². The second-order valence-electron chi connectivity index (χ2n) is 6.46. The zero-order chi connectivity index (χ0) is 16.6. The molecular weight excluding hydrogens is 298 g/mol. The number of methoxy groups -OCH3 is 1. The van der Waals surface area contributed by atoms with Crippen molar-refractivity contribution in [2.24, 2.45) is 0 Å². The topological polar surface area (TPSA) is 37.4 Å². The molecule has 1 saturated heterocycles. The highest BCUT2D eigenvalue weighted by atomic mass is 16.5. The quantitative estimate of drug-likeness (QED) is 0.847. The van der Waals surface area contributed by atoms with Gasteiger partial charge in [-0.1, -0.05) is 24.3 Å². The van der Waals surface area contributed by atoms with Crippen molar-refractivity contribution in [1.82, 2.24) is 9.88 Å². The Morgan fingerprint density at radius 3 is 2.75 bits per heavy atom. The maximum absolute atomic E-state index is 5.22. The Morgan fingerprint density at radius 1 is 1.17 bits per heavy atom. The number of likely N-dealkylation sites (tertiary alicyclic amines) is 1. The fourth-order valence-corrected chi connectivity index (χ4v) is 3.30. The molecule has 0 amide bonds. The number of aromatic nitrogens is 1. The number of pyridine rings is 1. The highest BCUT2D eigenvalue weighted by Crippen LogP contribution is 2.21. The molecule has 1 fully saturated rings. The van der Waals surface area contributed by atoms with Crippen LogP contribution in [0.5, 0.6) is 0 Å². The van der Waals surface area contributed by atoms with E-state index in [1.54, 1.807) is 7.11 Å². The molecule has 24 heavy (non-hydrogen) atoms. The van der Waals surface area contributed by atoms with Crippen LogP contribution in [0.15, 0.2) is 48.8 Å². The summed E-state index contributed by atoms with van der Waals surface area (Å²) in [5.74, 6) is 0. The summed E-state index contributed by atoms with van der Waals surface area (Å²) in [5.41, 5.74) is 3.91. The SMILES string of the molecule is COCCc1ccccc1NC1CCN(Cc2cccnc2)CC1. The number of benzene rings is 1. The monoisotopic (exact) mass is 325 g/mol. The zero-order valence-electron chi connectivity index (χ0n) is 14.4. The zero-order valence-corrected chi connectivity index (χ0v) is 14.4. The van der Waals surface area contributed by atoms with Gasteiger partial charge in [-0.25, -0.2) is 0 Å². The summed E-state index contributed by atoms with van der Waals surface area (Å²) in [4.78, 5) is 6.73. The molecule has 1 aromatic carbocycles. The number of nitrogens with zero attached hydrogens (tertiary/aromatic N) is 2. The van der Waals surface area contributed by atoms with Gasteiger partial charge in [-0.05, 0) is 42.5 Å². The van der Waals surface area contributed by atoms with Crippen molar-refractivity contribution < 1.29 is 4.74 Å². The highest BCUT2D eigenvalue weighted by Gasteiger charge is 2.19. The number of anilines is 1. The lowest BCUT2D eigenvalue weighted by Crippen LogP contribution is -2.38. The lowest BCUT2D eigenvalue weighted by atomic mass is 10.0. The minimum atomic E-state index is 0.554. The Kier molecular flexibility index (Phi) is 6.21. The third-order valence-corrected chi connectivity index (χ3v) is 4.67. The summed E-state index contributed by atoms with van der Waals surface area (Å²) in [7, 11) is 1.76. The molecule has 4 heteroatoms. The second kappa shape index (κ2) is 8.81. The molecule has 0 spiro atoms. The highest BCUT2D eigenvalue weighted by molar-refractivity contribution is 5.52. The fourth-order valence-electron chi connectivity index (χ4n) is 3.30. The van der Waals surface area contributed by atoms with Crippen molar-refractivity contribution >= 4 is 5.69 Å². The fraction of sp³-hybridized carbons (Fsp3) is 0.450. The van der Waals surface area contributed by atoms with Gasteiger partial charge in [0.1, 0.15) is 0 Å². The van der Waals surface area contributed by atoms with E-state index in [9.17, 15) is 0 Å². The van der Waals surface area contributed by atoms with Gasteiger partial charge in [-0.2, -0.15) is 0 Å². The van der Waals surface area contributed by atoms with Crippen LogP contribution in [0.2, 0.25) is 0 Å². The Morgan fingerprint density at radius 2 is 2.00 bits per heavy atom. The predicted molar refractivity (Wildman–Crippen MR) is 98.2 cm³/mol. The lowest BCUT2D eigenvalue weighted by molar-refractivity contribution is 0.202. The molecule has 2 aromatic rings. The van der Waals surface area contributed by atoms with Gasteiger partial charge < -0.3 is 10.1 Å². The standard InChI is InChI=1S/C20H27N3O/c1-24-14-10-18-6-2-3-7-20(18)22-19-8-12-23(13-9-19)16-17-5-4-11-21-15-17/h2-7,11,15,19,22H,8-10,12-14,16H2,1H3. The number of piperidine rings is 1. The molecule has 4 nitrogen and oxygen atoms in total. The normalized spacial score (nSPS) is 16.2. The maximum atomic E-state index is 5.22. The molecule has 3 rings (SSSR count). The molecule has 0 saturated carbocycles. The number of hydrogen-bond donors (Lipinski definition) is 1. The van der Waals surface area contributed by atoms with Gasteiger partial charge in [0, 0.05) is 50.9 Å². The number of nitrogens with one attached hydrogen (secondary N) is 1. The van der Waals surface area contributed by atoms with Crippen LogP contribution in [0.3, 0.4) is 0 Å². The Hall–Kier alpha value is -1.91. The minimum Gasteiger partial charge on any atom is -0.384 e. The van der Waals surface area contributed by atoms with Crippen molar-refractivity contribution in [3.63, 3.8) is 0 Å². The first kappa shape index (κ1) is 16.9. The van der Waals surface area contributed by atoms with Gasteiger partial charge in [0.05, 0.1) is 6.61 Å². The first-order valence-electron chi connectivity index (χ1n) is 8.80. The molecule has 0 radical (unpaired) electrons. The van der Waals surface area contributed by atoms with E-state index in [0.29, 0.717) is 6.04 Å². The minimum absolute atomic E-state index is 0.554. The molecule has 1 N–H and O–H groups in total. The summed E-state index contributed by atoms with van der Waals surface area (Å²) in [5, 5.41) is 3.75. The Bertz CT molecular complexity index is 609. The van der Waals surface area contributed by atoms with Gasteiger partial charge in [-0.15, -0.1) is 0 Å². The molecule has 0 bridgehead atoms. The smallest absolute Gasteiger partial charge is 0.0503 e. The van der Waals surface area contributed by atoms with Crippen LogP contribution in [0.25, 0.3) is 0 Å². The van der Waals surface area contributed by atoms with E-state index in [1.165, 1.54) is 29.7 Å². The van der Waals surface area contributed by atoms with Crippen LogP contribution < -0.4 is 5.32 Å². The third-order valence-electron chi connectivity index (χ3n) is 4.67. The van der Waals surface area contributed by atoms with E-state index >= 15 is 0 Å². The summed E-state index contributed by atoms with van der Waals surface area (Å²) in [6.45, 7) is 4.03. The van der Waals surface area contributed by atoms with Gasteiger partial charge >= 0.3 is 0 Å². The van der Waals surface area contributed by atoms with Crippen molar-refractivity contribution in [2.45, 2.75) is 31.8 Å². The van der Waals surface area contributed by atoms with E-state index in [4.69, 9.17) is 4.74 Å². The summed E-state index contributed by atoms with van der Waals surface area (Å²) in [6.07, 6.45) is 7.12. The van der Waals surface area contributed by atoms with Gasteiger partial charge in [-0.3, -0.25) is 9.88 Å². The van der Waals surface area contributed by atoms with Crippen molar-refractivity contribution in [1.29, 1.82) is 0 Å². The van der Waals surface area contributed by atoms with Gasteiger partial charge in [0.2, 0.25) is 0 Å². The Balaban J connectivity index is 1.50. The predicted octanol–water partition coefficient (Wildman–Crippen LogP) is 3.35. The first-order valence-corrected chi connectivity index (χ1v) is 8.80. The molecule has 1 aliphatic heterocycles. The summed E-state index contributed by atoms with van der Waals surface area (Å²) in [6, 6.07) is 13.3. The van der Waals surface area contributed by atoms with Crippen LogP contribution in [-0.2, 0) is 17.7 Å². The number of hydrogen-bond acceptors (Lipinski definition) is 4. The van der Waals surface area contributed by atoms with E-state index in [2.05, 4.69) is 45.5 Å². The van der Waals surface area contributed by atoms with E-state index < -0.39 is 0 Å². The average molecular weight is 325 g/mol. The molecule has 0 unspecified atom stereocenters. The third kappa shape index (κ3) is 4.79. The van der Waals surface area contributed by atoms with Crippen LogP contribution in [0, 0.1) is 0 Å². The van der Waals surface area contributed by atoms with E-state index in [0.717, 1.165) is 32.7 Å². The maximum Gasteiger partial charge on any atom is 0.0503 e. The van der Waals surface area contributed by atoms with Crippen molar-refractivity contribution in [3.05, 3.63) is 59.9 Å². The second-order valence-corrected chi connectivity index (χ2v) is 6.46. The largest absolute Gasteiger partial charge is 0.384 e. The molecule has 1 aliphatic rings. The van der Waals surface area contributed by atoms with Crippen LogP contribution in [0.4, 0.5) is 5.69 Å². The molecule has 0 atom stereocenters. The molecular formula is C20H27N3O. The van der Waals surface area contributed by atoms with Crippen LogP contribution in [0.1, 0.15) is 24.0 Å². The number of ether oxygens (including phenoxy) is 1. The number of rotatable bonds is 7. The van der Waals surface area contributed by atoms with Crippen molar-refractivity contribution in [2.75, 3.05) is 32.1 Å². The van der Waals surface area contributed by atoms with Gasteiger partial charge in [0.15, 0.2) is 0 Å². The Labute approximate surface area is 144 Å². The first-order chi connectivity index (χ1) is 11.8. The molecule has 2 heterocycles.